The number of carbonyl (C=O) groups excluding carboxylic acids is 1. The fourth-order valence-corrected chi connectivity index (χ4v) is 4.49. The van der Waals surface area contributed by atoms with Gasteiger partial charge in [0.15, 0.2) is 0 Å². The van der Waals surface area contributed by atoms with E-state index in [-0.39, 0.29) is 35.6 Å². The Labute approximate surface area is 199 Å². The third-order valence-corrected chi connectivity index (χ3v) is 6.33. The van der Waals surface area contributed by atoms with Gasteiger partial charge in [-0.05, 0) is 69.9 Å². The highest BCUT2D eigenvalue weighted by Gasteiger charge is 2.34. The fraction of sp³-hybridized carbons (Fsp3) is 0.667. The van der Waals surface area contributed by atoms with Crippen LogP contribution in [0.25, 0.3) is 0 Å². The van der Waals surface area contributed by atoms with E-state index < -0.39 is 11.7 Å². The van der Waals surface area contributed by atoms with Gasteiger partial charge in [-0.25, -0.2) is 0 Å². The van der Waals surface area contributed by atoms with Gasteiger partial charge >= 0.3 is 6.18 Å². The van der Waals surface area contributed by atoms with Crippen LogP contribution in [-0.4, -0.2) is 67.9 Å². The van der Waals surface area contributed by atoms with Crippen LogP contribution < -0.4 is 4.90 Å². The number of piperidine rings is 1. The molecule has 0 aliphatic carbocycles. The Kier molecular flexibility index (Phi) is 11.4. The number of likely N-dealkylation sites (tertiary alicyclic amines) is 1. The van der Waals surface area contributed by atoms with Gasteiger partial charge in [-0.2, -0.15) is 13.2 Å². The molecule has 2 heterocycles. The van der Waals surface area contributed by atoms with Gasteiger partial charge in [0, 0.05) is 31.9 Å². The summed E-state index contributed by atoms with van der Waals surface area (Å²) in [5, 5.41) is -0.255. The van der Waals surface area contributed by atoms with Crippen molar-refractivity contribution in [2.24, 2.45) is 5.92 Å². The molecule has 10 heteroatoms. The molecule has 178 valence electrons. The predicted molar refractivity (Wildman–Crippen MR) is 124 cm³/mol. The predicted octanol–water partition coefficient (Wildman–Crippen LogP) is 5.02. The molecule has 2 fully saturated rings. The summed E-state index contributed by atoms with van der Waals surface area (Å²) in [6, 6.07) is 4.17. The van der Waals surface area contributed by atoms with Crippen molar-refractivity contribution in [2.45, 2.75) is 32.4 Å². The lowest BCUT2D eigenvalue weighted by Gasteiger charge is -2.37. The molecule has 4 nitrogen and oxygen atoms in total. The molecular weight excluding hydrogens is 474 g/mol. The van der Waals surface area contributed by atoms with Crippen LogP contribution in [0.4, 0.5) is 18.9 Å². The maximum atomic E-state index is 13.1. The summed E-state index contributed by atoms with van der Waals surface area (Å²) in [4.78, 5) is 17.9. The fourth-order valence-electron chi connectivity index (χ4n) is 4.27. The Morgan fingerprint density at radius 1 is 1.03 bits per heavy atom. The molecule has 0 atom stereocenters. The third kappa shape index (κ3) is 8.28. The zero-order chi connectivity index (χ0) is 21.0. The Bertz CT molecular complexity index is 705. The van der Waals surface area contributed by atoms with E-state index in [0.29, 0.717) is 18.2 Å². The van der Waals surface area contributed by atoms with Crippen LogP contribution in [0.15, 0.2) is 18.2 Å². The monoisotopic (exact) mass is 503 g/mol. The van der Waals surface area contributed by atoms with E-state index in [0.717, 1.165) is 71.1 Å². The SMILES string of the molecule is CC(=O)CN1CCC(CCN2CCN(c3ccc(Cl)c(C(F)(F)F)c3)CC2)CC1.Cl.Cl. The second-order valence-electron chi connectivity index (χ2n) is 8.20. The number of nitrogens with zero attached hydrogens (tertiary/aromatic N) is 3. The van der Waals surface area contributed by atoms with Crippen molar-refractivity contribution in [3.05, 3.63) is 28.8 Å². The van der Waals surface area contributed by atoms with Crippen molar-refractivity contribution in [2.75, 3.05) is 57.3 Å². The van der Waals surface area contributed by atoms with Crippen molar-refractivity contribution in [3.63, 3.8) is 0 Å². The number of carbonyl (C=O) groups is 1. The molecule has 0 aromatic heterocycles. The molecule has 2 saturated heterocycles. The van der Waals surface area contributed by atoms with Crippen molar-refractivity contribution >= 4 is 47.9 Å². The normalized spacial score (nSPS) is 18.9. The molecule has 1 aromatic rings. The lowest BCUT2D eigenvalue weighted by Crippen LogP contribution is -2.47. The Morgan fingerprint density at radius 2 is 1.65 bits per heavy atom. The maximum Gasteiger partial charge on any atom is 0.417 e. The third-order valence-electron chi connectivity index (χ3n) is 6.00. The first-order valence-corrected chi connectivity index (χ1v) is 10.7. The molecule has 2 aliphatic heterocycles. The first-order chi connectivity index (χ1) is 13.7. The highest BCUT2D eigenvalue weighted by molar-refractivity contribution is 6.31. The van der Waals surface area contributed by atoms with Crippen LogP contribution >= 0.6 is 36.4 Å². The number of rotatable bonds is 6. The van der Waals surface area contributed by atoms with Crippen molar-refractivity contribution in [1.29, 1.82) is 0 Å². The number of alkyl halides is 3. The summed E-state index contributed by atoms with van der Waals surface area (Å²) in [5.74, 6) is 0.922. The van der Waals surface area contributed by atoms with E-state index in [4.69, 9.17) is 11.6 Å². The largest absolute Gasteiger partial charge is 0.417 e. The first-order valence-electron chi connectivity index (χ1n) is 10.3. The topological polar surface area (TPSA) is 26.8 Å². The first kappa shape index (κ1) is 28.3. The quantitative estimate of drug-likeness (QED) is 0.544. The standard InChI is InChI=1S/C21H29ClF3N3O.2ClH/c1-16(29)15-27-8-5-17(6-9-27)4-7-26-10-12-28(13-11-26)18-2-3-20(22)19(14-18)21(23,24)25;;/h2-3,14,17H,4-13,15H2,1H3;2*1H. The molecule has 0 spiro atoms. The zero-order valence-electron chi connectivity index (χ0n) is 17.7. The molecule has 0 radical (unpaired) electrons. The lowest BCUT2D eigenvalue weighted by molar-refractivity contribution is -0.137. The van der Waals surface area contributed by atoms with Gasteiger partial charge in [-0.3, -0.25) is 14.6 Å². The molecule has 3 rings (SSSR count). The summed E-state index contributed by atoms with van der Waals surface area (Å²) in [7, 11) is 0. The molecule has 1 aromatic carbocycles. The molecule has 31 heavy (non-hydrogen) atoms. The van der Waals surface area contributed by atoms with Gasteiger partial charge in [0.05, 0.1) is 17.1 Å². The highest BCUT2D eigenvalue weighted by atomic mass is 35.5. The lowest BCUT2D eigenvalue weighted by atomic mass is 9.93. The van der Waals surface area contributed by atoms with Crippen molar-refractivity contribution < 1.29 is 18.0 Å². The Morgan fingerprint density at radius 3 is 2.19 bits per heavy atom. The molecule has 0 N–H and O–H groups in total. The Balaban J connectivity index is 0.00000240. The minimum atomic E-state index is -4.44. The summed E-state index contributed by atoms with van der Waals surface area (Å²) in [6.45, 7) is 8.37. The number of ketones is 1. The molecule has 0 saturated carbocycles. The van der Waals surface area contributed by atoms with E-state index in [2.05, 4.69) is 9.80 Å². The number of piperazine rings is 1. The van der Waals surface area contributed by atoms with Crippen LogP contribution in [-0.2, 0) is 11.0 Å². The van der Waals surface area contributed by atoms with Crippen molar-refractivity contribution in [3.8, 4) is 0 Å². The smallest absolute Gasteiger partial charge is 0.369 e. The number of hydrogen-bond donors (Lipinski definition) is 0. The van der Waals surface area contributed by atoms with E-state index in [1.807, 2.05) is 4.90 Å². The number of benzene rings is 1. The van der Waals surface area contributed by atoms with E-state index in [1.54, 1.807) is 13.0 Å². The van der Waals surface area contributed by atoms with Gasteiger partial charge in [0.1, 0.15) is 5.78 Å². The van der Waals surface area contributed by atoms with Crippen LogP contribution in [0, 0.1) is 5.92 Å². The molecule has 0 amide bonds. The zero-order valence-corrected chi connectivity index (χ0v) is 20.1. The van der Waals surface area contributed by atoms with Crippen LogP contribution in [0.3, 0.4) is 0 Å². The van der Waals surface area contributed by atoms with Gasteiger partial charge < -0.3 is 4.90 Å². The summed E-state index contributed by atoms with van der Waals surface area (Å²) in [6.07, 6.45) is -1.02. The van der Waals surface area contributed by atoms with Gasteiger partial charge in [0.25, 0.3) is 0 Å². The summed E-state index contributed by atoms with van der Waals surface area (Å²) < 4.78 is 39.3. The van der Waals surface area contributed by atoms with Crippen LogP contribution in [0.2, 0.25) is 5.02 Å². The Hall–Kier alpha value is -0.730. The van der Waals surface area contributed by atoms with E-state index in [1.165, 1.54) is 6.07 Å². The van der Waals surface area contributed by atoms with Gasteiger partial charge in [-0.1, -0.05) is 11.6 Å². The average Bonchev–Trinajstić information content (AvgIpc) is 2.67. The van der Waals surface area contributed by atoms with Gasteiger partial charge in [0.2, 0.25) is 0 Å². The number of Topliss-reactive ketones (excluding diaryl/α,β-unsaturated/α-hetero) is 1. The minimum Gasteiger partial charge on any atom is -0.369 e. The highest BCUT2D eigenvalue weighted by Crippen LogP contribution is 2.37. The number of halogens is 6. The van der Waals surface area contributed by atoms with Crippen LogP contribution in [0.5, 0.6) is 0 Å². The van der Waals surface area contributed by atoms with Crippen LogP contribution in [0.1, 0.15) is 31.7 Å². The summed E-state index contributed by atoms with van der Waals surface area (Å²) >= 11 is 5.73. The molecule has 0 unspecified atom stereocenters. The van der Waals surface area contributed by atoms with Gasteiger partial charge in [-0.15, -0.1) is 24.8 Å². The van der Waals surface area contributed by atoms with E-state index in [9.17, 15) is 18.0 Å². The second-order valence-corrected chi connectivity index (χ2v) is 8.61. The van der Waals surface area contributed by atoms with Crippen molar-refractivity contribution in [1.82, 2.24) is 9.80 Å². The second kappa shape index (κ2) is 12.5. The molecule has 2 aliphatic rings. The maximum absolute atomic E-state index is 13.1. The molecule has 0 bridgehead atoms. The summed E-state index contributed by atoms with van der Waals surface area (Å²) in [5.41, 5.74) is -0.186. The number of anilines is 1. The minimum absolute atomic E-state index is 0. The number of hydrogen-bond acceptors (Lipinski definition) is 4. The average molecular weight is 505 g/mol. The van der Waals surface area contributed by atoms with E-state index >= 15 is 0 Å². The molecular formula is C21H31Cl3F3N3O.